The first kappa shape index (κ1) is 7.21. The van der Waals surface area contributed by atoms with Crippen LogP contribution in [0.15, 0.2) is 23.1 Å². The number of halogens is 1. The number of rotatable bonds is 0. The lowest BCUT2D eigenvalue weighted by Crippen LogP contribution is -1.89. The van der Waals surface area contributed by atoms with Crippen LogP contribution in [0.4, 0.5) is 5.69 Å². The number of nitrogens with two attached hydrogens (primary N) is 1. The molecule has 0 unspecified atom stereocenters. The second-order valence-corrected chi connectivity index (χ2v) is 3.32. The fourth-order valence-electron chi connectivity index (χ4n) is 0.526. The van der Waals surface area contributed by atoms with Crippen molar-refractivity contribution in [3.05, 3.63) is 21.8 Å². The minimum Gasteiger partial charge on any atom is -0.397 e. The number of benzene rings is 1. The number of nitrogen functional groups attached to an aromatic ring is 1. The molecule has 1 aromatic carbocycles. The summed E-state index contributed by atoms with van der Waals surface area (Å²) in [5.74, 6) is 0. The van der Waals surface area contributed by atoms with Crippen LogP contribution in [0, 0.1) is 3.57 Å². The highest BCUT2D eigenvalue weighted by Gasteiger charge is 1.95. The first-order chi connectivity index (χ1) is 4.22. The molecule has 0 aromatic heterocycles. The van der Waals surface area contributed by atoms with Crippen molar-refractivity contribution >= 4 is 40.9 Å². The molecule has 0 spiro atoms. The molecule has 0 amide bonds. The molecule has 1 aromatic rings. The Bertz CT molecular complexity index is 204. The molecule has 0 saturated heterocycles. The van der Waals surface area contributed by atoms with E-state index >= 15 is 0 Å². The van der Waals surface area contributed by atoms with Gasteiger partial charge in [-0.15, -0.1) is 12.6 Å². The molecule has 9 heavy (non-hydrogen) atoms. The van der Waals surface area contributed by atoms with E-state index in [-0.39, 0.29) is 0 Å². The van der Waals surface area contributed by atoms with Crippen LogP contribution in [0.5, 0.6) is 0 Å². The standard InChI is InChI=1S/C6H6INS/c7-4-2-1-3-5(9)6(4)8/h1-3,9H,8H2. The topological polar surface area (TPSA) is 26.0 Å². The molecule has 0 saturated carbocycles. The van der Waals surface area contributed by atoms with Gasteiger partial charge in [0.15, 0.2) is 0 Å². The maximum Gasteiger partial charge on any atom is 0.0585 e. The fourth-order valence-corrected chi connectivity index (χ4v) is 1.44. The van der Waals surface area contributed by atoms with Crippen molar-refractivity contribution in [2.75, 3.05) is 5.73 Å². The van der Waals surface area contributed by atoms with E-state index in [0.29, 0.717) is 0 Å². The van der Waals surface area contributed by atoms with Crippen LogP contribution >= 0.6 is 35.2 Å². The SMILES string of the molecule is Nc1c(S)cccc1I. The van der Waals surface area contributed by atoms with Gasteiger partial charge in [0, 0.05) is 8.47 Å². The number of anilines is 1. The Labute approximate surface area is 73.2 Å². The van der Waals surface area contributed by atoms with Gasteiger partial charge in [-0.25, -0.2) is 0 Å². The van der Waals surface area contributed by atoms with Crippen LogP contribution in [0.2, 0.25) is 0 Å². The van der Waals surface area contributed by atoms with E-state index in [1.54, 1.807) is 0 Å². The zero-order valence-corrected chi connectivity index (χ0v) is 7.69. The van der Waals surface area contributed by atoms with Crippen molar-refractivity contribution in [2.24, 2.45) is 0 Å². The van der Waals surface area contributed by atoms with Crippen molar-refractivity contribution < 1.29 is 0 Å². The smallest absolute Gasteiger partial charge is 0.0585 e. The summed E-state index contributed by atoms with van der Waals surface area (Å²) in [4.78, 5) is 0.849. The van der Waals surface area contributed by atoms with Crippen LogP contribution in [0.3, 0.4) is 0 Å². The first-order valence-corrected chi connectivity index (χ1v) is 3.97. The highest BCUT2D eigenvalue weighted by atomic mass is 127. The maximum absolute atomic E-state index is 5.60. The highest BCUT2D eigenvalue weighted by molar-refractivity contribution is 14.1. The van der Waals surface area contributed by atoms with E-state index in [0.717, 1.165) is 14.2 Å². The summed E-state index contributed by atoms with van der Waals surface area (Å²) in [6.45, 7) is 0. The Morgan fingerprint density at radius 2 is 2.11 bits per heavy atom. The van der Waals surface area contributed by atoms with Crippen molar-refractivity contribution in [1.29, 1.82) is 0 Å². The van der Waals surface area contributed by atoms with E-state index in [4.69, 9.17) is 5.73 Å². The van der Waals surface area contributed by atoms with Crippen molar-refractivity contribution in [1.82, 2.24) is 0 Å². The molecule has 48 valence electrons. The zero-order chi connectivity index (χ0) is 6.85. The van der Waals surface area contributed by atoms with Crippen LogP contribution in [0.25, 0.3) is 0 Å². The Morgan fingerprint density at radius 3 is 2.56 bits per heavy atom. The molecule has 0 aliphatic rings. The number of thiol groups is 1. The fraction of sp³-hybridized carbons (Fsp3) is 0. The lowest BCUT2D eigenvalue weighted by Gasteiger charge is -1.98. The Hall–Kier alpha value is 0.100. The number of hydrogen-bond acceptors (Lipinski definition) is 2. The number of para-hydroxylation sites is 1. The van der Waals surface area contributed by atoms with Crippen molar-refractivity contribution in [3.8, 4) is 0 Å². The minimum atomic E-state index is 0.765. The van der Waals surface area contributed by atoms with Gasteiger partial charge < -0.3 is 5.73 Å². The van der Waals surface area contributed by atoms with Gasteiger partial charge in [-0.3, -0.25) is 0 Å². The van der Waals surface area contributed by atoms with Gasteiger partial charge in [0.05, 0.1) is 5.69 Å². The monoisotopic (exact) mass is 251 g/mol. The normalized spacial score (nSPS) is 9.56. The molecule has 0 fully saturated rings. The molecule has 1 rings (SSSR count). The lowest BCUT2D eigenvalue weighted by molar-refractivity contribution is 1.45. The second kappa shape index (κ2) is 2.79. The summed E-state index contributed by atoms with van der Waals surface area (Å²) in [5.41, 5.74) is 6.36. The van der Waals surface area contributed by atoms with E-state index in [1.807, 2.05) is 18.2 Å². The Balaban J connectivity index is 3.25. The van der Waals surface area contributed by atoms with Crippen LogP contribution in [0.1, 0.15) is 0 Å². The maximum atomic E-state index is 5.60. The largest absolute Gasteiger partial charge is 0.397 e. The van der Waals surface area contributed by atoms with Crippen molar-refractivity contribution in [3.63, 3.8) is 0 Å². The third-order valence-corrected chi connectivity index (χ3v) is 2.36. The van der Waals surface area contributed by atoms with Gasteiger partial charge in [0.2, 0.25) is 0 Å². The predicted molar refractivity (Wildman–Crippen MR) is 50.8 cm³/mol. The van der Waals surface area contributed by atoms with Gasteiger partial charge >= 0.3 is 0 Å². The number of hydrogen-bond donors (Lipinski definition) is 2. The van der Waals surface area contributed by atoms with E-state index in [1.165, 1.54) is 0 Å². The summed E-state index contributed by atoms with van der Waals surface area (Å²) in [6.07, 6.45) is 0. The summed E-state index contributed by atoms with van der Waals surface area (Å²) < 4.78 is 1.06. The van der Waals surface area contributed by atoms with E-state index in [9.17, 15) is 0 Å². The Kier molecular flexibility index (Phi) is 2.23. The van der Waals surface area contributed by atoms with E-state index in [2.05, 4.69) is 35.2 Å². The summed E-state index contributed by atoms with van der Waals surface area (Å²) >= 11 is 6.31. The van der Waals surface area contributed by atoms with Crippen LogP contribution < -0.4 is 5.73 Å². The lowest BCUT2D eigenvalue weighted by atomic mass is 10.3. The molecule has 0 heterocycles. The second-order valence-electron chi connectivity index (χ2n) is 1.67. The Morgan fingerprint density at radius 1 is 1.44 bits per heavy atom. The minimum absolute atomic E-state index is 0.765. The molecule has 1 nitrogen and oxygen atoms in total. The molecular weight excluding hydrogens is 245 g/mol. The first-order valence-electron chi connectivity index (χ1n) is 2.45. The average Bonchev–Trinajstić information content (AvgIpc) is 1.83. The summed E-state index contributed by atoms with van der Waals surface area (Å²) in [7, 11) is 0. The van der Waals surface area contributed by atoms with Crippen molar-refractivity contribution in [2.45, 2.75) is 4.90 Å². The zero-order valence-electron chi connectivity index (χ0n) is 4.63. The quantitative estimate of drug-likeness (QED) is 0.412. The van der Waals surface area contributed by atoms with Gasteiger partial charge in [-0.05, 0) is 34.7 Å². The predicted octanol–water partition coefficient (Wildman–Crippen LogP) is 2.16. The van der Waals surface area contributed by atoms with Gasteiger partial charge in [0.1, 0.15) is 0 Å². The molecule has 0 atom stereocenters. The van der Waals surface area contributed by atoms with Gasteiger partial charge in [-0.2, -0.15) is 0 Å². The summed E-state index contributed by atoms with van der Waals surface area (Å²) in [5, 5.41) is 0. The van der Waals surface area contributed by atoms with Crippen LogP contribution in [-0.2, 0) is 0 Å². The molecule has 0 radical (unpaired) electrons. The third kappa shape index (κ3) is 1.52. The molecule has 0 aliphatic heterocycles. The van der Waals surface area contributed by atoms with Gasteiger partial charge in [0.25, 0.3) is 0 Å². The van der Waals surface area contributed by atoms with Crippen LogP contribution in [-0.4, -0.2) is 0 Å². The molecular formula is C6H6INS. The molecule has 3 heteroatoms. The molecule has 2 N–H and O–H groups in total. The highest BCUT2D eigenvalue weighted by Crippen LogP contribution is 2.21. The molecule has 0 bridgehead atoms. The molecule has 0 aliphatic carbocycles. The van der Waals surface area contributed by atoms with E-state index < -0.39 is 0 Å². The summed E-state index contributed by atoms with van der Waals surface area (Å²) in [6, 6.07) is 5.76. The third-order valence-electron chi connectivity index (χ3n) is 1.03. The van der Waals surface area contributed by atoms with Gasteiger partial charge in [-0.1, -0.05) is 6.07 Å². The average molecular weight is 251 g/mol.